The summed E-state index contributed by atoms with van der Waals surface area (Å²) < 4.78 is 0. The molecule has 0 aromatic heterocycles. The van der Waals surface area contributed by atoms with Crippen molar-refractivity contribution in [2.24, 2.45) is 5.73 Å². The first-order valence-corrected chi connectivity index (χ1v) is 11.3. The molecule has 3 rings (SSSR count). The molecule has 5 unspecified atom stereocenters. The molecule has 0 bridgehead atoms. The number of carbonyl (C=O) groups excluding carboxylic acids is 3. The molecule has 10 heteroatoms. The van der Waals surface area contributed by atoms with Crippen LogP contribution in [0.25, 0.3) is 0 Å². The van der Waals surface area contributed by atoms with E-state index in [1.54, 1.807) is 0 Å². The van der Waals surface area contributed by atoms with Crippen molar-refractivity contribution in [1.29, 1.82) is 0 Å². The fourth-order valence-electron chi connectivity index (χ4n) is 4.51. The number of amides is 3. The largest absolute Gasteiger partial charge is 0.480 e. The molecule has 1 aromatic carbocycles. The number of hydrogen-bond donors (Lipinski definition) is 4. The SMILES string of the molecule is CC(O)C(N)C(=O)N1CCCC1C(=O)NC(Cc1ccccc1)C(=O)N1CCCC1C(=O)O. The second kappa shape index (κ2) is 10.8. The van der Waals surface area contributed by atoms with Gasteiger partial charge < -0.3 is 31.1 Å². The van der Waals surface area contributed by atoms with Crippen molar-refractivity contribution in [2.45, 2.75) is 69.3 Å². The topological polar surface area (TPSA) is 153 Å². The summed E-state index contributed by atoms with van der Waals surface area (Å²) in [5, 5.41) is 21.9. The highest BCUT2D eigenvalue weighted by atomic mass is 16.4. The van der Waals surface area contributed by atoms with Gasteiger partial charge in [-0.2, -0.15) is 0 Å². The molecule has 0 saturated carbocycles. The van der Waals surface area contributed by atoms with Gasteiger partial charge >= 0.3 is 5.97 Å². The lowest BCUT2D eigenvalue weighted by molar-refractivity contribution is -0.149. The van der Waals surface area contributed by atoms with Gasteiger partial charge in [-0.05, 0) is 38.2 Å². The van der Waals surface area contributed by atoms with E-state index in [4.69, 9.17) is 5.73 Å². The Morgan fingerprint density at radius 2 is 1.61 bits per heavy atom. The average Bonchev–Trinajstić information content (AvgIpc) is 3.47. The molecule has 2 aliphatic heterocycles. The lowest BCUT2D eigenvalue weighted by Crippen LogP contribution is -2.58. The van der Waals surface area contributed by atoms with Crippen LogP contribution in [-0.2, 0) is 25.6 Å². The van der Waals surface area contributed by atoms with Gasteiger partial charge in [0, 0.05) is 19.5 Å². The van der Waals surface area contributed by atoms with Gasteiger partial charge in [-0.15, -0.1) is 0 Å². The maximum atomic E-state index is 13.3. The number of carboxylic acids is 1. The smallest absolute Gasteiger partial charge is 0.326 e. The van der Waals surface area contributed by atoms with Crippen LogP contribution in [0.2, 0.25) is 0 Å². The van der Waals surface area contributed by atoms with E-state index in [0.717, 1.165) is 5.56 Å². The number of rotatable bonds is 8. The Bertz CT molecular complexity index is 877. The number of carbonyl (C=O) groups is 4. The average molecular weight is 461 g/mol. The summed E-state index contributed by atoms with van der Waals surface area (Å²) in [5.41, 5.74) is 6.61. The van der Waals surface area contributed by atoms with E-state index in [1.165, 1.54) is 16.7 Å². The highest BCUT2D eigenvalue weighted by molar-refractivity contribution is 5.94. The van der Waals surface area contributed by atoms with Crippen LogP contribution in [0.5, 0.6) is 0 Å². The minimum Gasteiger partial charge on any atom is -0.480 e. The van der Waals surface area contributed by atoms with Crippen molar-refractivity contribution in [3.05, 3.63) is 35.9 Å². The van der Waals surface area contributed by atoms with E-state index in [0.29, 0.717) is 38.8 Å². The number of aliphatic hydroxyl groups is 1. The van der Waals surface area contributed by atoms with Crippen LogP contribution < -0.4 is 11.1 Å². The van der Waals surface area contributed by atoms with Crippen molar-refractivity contribution in [3.63, 3.8) is 0 Å². The van der Waals surface area contributed by atoms with Gasteiger partial charge in [0.1, 0.15) is 24.2 Å². The van der Waals surface area contributed by atoms with Crippen LogP contribution in [0.4, 0.5) is 0 Å². The molecule has 0 radical (unpaired) electrons. The lowest BCUT2D eigenvalue weighted by Gasteiger charge is -2.31. The molecule has 2 heterocycles. The standard InChI is InChI=1S/C23H32N4O6/c1-14(28)19(24)22(31)26-11-5-9-17(26)20(29)25-16(13-15-7-3-2-4-8-15)21(30)27-12-6-10-18(27)23(32)33/h2-4,7-8,14,16-19,28H,5-6,9-13,24H2,1H3,(H,25,29)(H,32,33). The molecule has 3 amide bonds. The molecule has 2 saturated heterocycles. The first-order chi connectivity index (χ1) is 15.7. The number of likely N-dealkylation sites (tertiary alicyclic amines) is 2. The van der Waals surface area contributed by atoms with Crippen molar-refractivity contribution < 1.29 is 29.4 Å². The zero-order chi connectivity index (χ0) is 24.1. The Morgan fingerprint density at radius 3 is 2.18 bits per heavy atom. The van der Waals surface area contributed by atoms with Gasteiger partial charge in [-0.25, -0.2) is 4.79 Å². The van der Waals surface area contributed by atoms with Gasteiger partial charge in [0.25, 0.3) is 0 Å². The number of hydrogen-bond acceptors (Lipinski definition) is 6. The molecule has 2 fully saturated rings. The number of aliphatic carboxylic acids is 1. The number of nitrogens with one attached hydrogen (secondary N) is 1. The van der Waals surface area contributed by atoms with E-state index < -0.39 is 54.0 Å². The van der Waals surface area contributed by atoms with Gasteiger partial charge in [-0.1, -0.05) is 30.3 Å². The van der Waals surface area contributed by atoms with Crippen LogP contribution in [0.3, 0.4) is 0 Å². The third-order valence-corrected chi connectivity index (χ3v) is 6.36. The lowest BCUT2D eigenvalue weighted by atomic mass is 10.0. The zero-order valence-corrected chi connectivity index (χ0v) is 18.7. The molecule has 10 nitrogen and oxygen atoms in total. The van der Waals surface area contributed by atoms with Gasteiger partial charge in [0.05, 0.1) is 6.10 Å². The van der Waals surface area contributed by atoms with E-state index >= 15 is 0 Å². The van der Waals surface area contributed by atoms with Gasteiger partial charge in [0.15, 0.2) is 0 Å². The maximum Gasteiger partial charge on any atom is 0.326 e. The monoisotopic (exact) mass is 460 g/mol. The quantitative estimate of drug-likeness (QED) is 0.407. The van der Waals surface area contributed by atoms with Crippen LogP contribution in [0, 0.1) is 0 Å². The van der Waals surface area contributed by atoms with E-state index in [1.807, 2.05) is 30.3 Å². The van der Waals surface area contributed by atoms with Gasteiger partial charge in [-0.3, -0.25) is 14.4 Å². The van der Waals surface area contributed by atoms with Crippen LogP contribution in [0.15, 0.2) is 30.3 Å². The normalized spacial score (nSPS) is 23.1. The molecule has 0 aliphatic carbocycles. The van der Waals surface area contributed by atoms with Crippen LogP contribution >= 0.6 is 0 Å². The minimum absolute atomic E-state index is 0.197. The summed E-state index contributed by atoms with van der Waals surface area (Å²) in [5.74, 6) is -2.52. The second-order valence-electron chi connectivity index (χ2n) is 8.73. The third kappa shape index (κ3) is 5.69. The fourth-order valence-corrected chi connectivity index (χ4v) is 4.51. The summed E-state index contributed by atoms with van der Waals surface area (Å²) in [7, 11) is 0. The summed E-state index contributed by atoms with van der Waals surface area (Å²) in [6, 6.07) is 5.32. The van der Waals surface area contributed by atoms with E-state index in [2.05, 4.69) is 5.32 Å². The highest BCUT2D eigenvalue weighted by Gasteiger charge is 2.41. The number of nitrogens with two attached hydrogens (primary N) is 1. The summed E-state index contributed by atoms with van der Waals surface area (Å²) in [6.45, 7) is 2.06. The van der Waals surface area contributed by atoms with Crippen molar-refractivity contribution in [1.82, 2.24) is 15.1 Å². The molecule has 2 aliphatic rings. The first-order valence-electron chi connectivity index (χ1n) is 11.3. The van der Waals surface area contributed by atoms with E-state index in [-0.39, 0.29) is 6.42 Å². The number of carboxylic acid groups (broad SMARTS) is 1. The number of nitrogens with zero attached hydrogens (tertiary/aromatic N) is 2. The van der Waals surface area contributed by atoms with Crippen molar-refractivity contribution >= 4 is 23.7 Å². The molecule has 0 spiro atoms. The highest BCUT2D eigenvalue weighted by Crippen LogP contribution is 2.22. The molecule has 33 heavy (non-hydrogen) atoms. The van der Waals surface area contributed by atoms with Gasteiger partial charge in [0.2, 0.25) is 17.7 Å². The third-order valence-electron chi connectivity index (χ3n) is 6.36. The summed E-state index contributed by atoms with van der Waals surface area (Å²) in [6.07, 6.45) is 1.10. The van der Waals surface area contributed by atoms with Crippen molar-refractivity contribution in [3.8, 4) is 0 Å². The molecular weight excluding hydrogens is 428 g/mol. The molecule has 5 N–H and O–H groups in total. The van der Waals surface area contributed by atoms with Crippen molar-refractivity contribution in [2.75, 3.05) is 13.1 Å². The predicted octanol–water partition coefficient (Wildman–Crippen LogP) is -0.511. The first kappa shape index (κ1) is 24.7. The summed E-state index contributed by atoms with van der Waals surface area (Å²) >= 11 is 0. The Hall–Kier alpha value is -2.98. The molecule has 1 aromatic rings. The van der Waals surface area contributed by atoms with E-state index in [9.17, 15) is 29.4 Å². The maximum absolute atomic E-state index is 13.3. The summed E-state index contributed by atoms with van der Waals surface area (Å²) in [4.78, 5) is 53.5. The second-order valence-corrected chi connectivity index (χ2v) is 8.73. The Morgan fingerprint density at radius 1 is 1.03 bits per heavy atom. The zero-order valence-electron chi connectivity index (χ0n) is 18.7. The predicted molar refractivity (Wildman–Crippen MR) is 119 cm³/mol. The fraction of sp³-hybridized carbons (Fsp3) is 0.565. The molecular formula is C23H32N4O6. The number of aliphatic hydroxyl groups excluding tert-OH is 1. The Kier molecular flexibility index (Phi) is 8.04. The number of benzene rings is 1. The Labute approximate surface area is 192 Å². The Balaban J connectivity index is 1.79. The van der Waals surface area contributed by atoms with Crippen LogP contribution in [-0.4, -0.2) is 87.1 Å². The van der Waals surface area contributed by atoms with Crippen LogP contribution in [0.1, 0.15) is 38.2 Å². The minimum atomic E-state index is -1.14. The molecule has 5 atom stereocenters. The molecule has 180 valence electrons.